The van der Waals surface area contributed by atoms with E-state index in [4.69, 9.17) is 10.2 Å². The summed E-state index contributed by atoms with van der Waals surface area (Å²) in [5, 5.41) is 0.585. The maximum Gasteiger partial charge on any atom is 0.169 e. The summed E-state index contributed by atoms with van der Waals surface area (Å²) in [5.74, 6) is -0.717. The first-order valence-electron chi connectivity index (χ1n) is 5.71. The SMILES string of the molecule is NC(c1cc2cccc(F)c2o1)c1ncccc1F. The highest BCUT2D eigenvalue weighted by Gasteiger charge is 2.19. The molecule has 96 valence electrons. The minimum absolute atomic E-state index is 0.0713. The van der Waals surface area contributed by atoms with Gasteiger partial charge >= 0.3 is 0 Å². The van der Waals surface area contributed by atoms with Gasteiger partial charge in [-0.3, -0.25) is 4.98 Å². The van der Waals surface area contributed by atoms with Crippen molar-refractivity contribution in [1.82, 2.24) is 4.98 Å². The van der Waals surface area contributed by atoms with Crippen LogP contribution >= 0.6 is 0 Å². The fraction of sp³-hybridized carbons (Fsp3) is 0.0714. The molecule has 1 aromatic carbocycles. The second kappa shape index (κ2) is 4.44. The molecule has 0 bridgehead atoms. The van der Waals surface area contributed by atoms with Crippen molar-refractivity contribution in [3.05, 3.63) is 65.7 Å². The van der Waals surface area contributed by atoms with Crippen LogP contribution in [0.3, 0.4) is 0 Å². The van der Waals surface area contributed by atoms with Gasteiger partial charge in [0.1, 0.15) is 23.3 Å². The van der Waals surface area contributed by atoms with Crippen molar-refractivity contribution >= 4 is 11.0 Å². The average Bonchev–Trinajstić information content (AvgIpc) is 2.84. The first-order valence-corrected chi connectivity index (χ1v) is 5.71. The summed E-state index contributed by atoms with van der Waals surface area (Å²) in [7, 11) is 0. The highest BCUT2D eigenvalue weighted by molar-refractivity contribution is 5.78. The van der Waals surface area contributed by atoms with Gasteiger partial charge in [0.25, 0.3) is 0 Å². The molecule has 0 amide bonds. The van der Waals surface area contributed by atoms with Gasteiger partial charge in [-0.05, 0) is 24.3 Å². The Morgan fingerprint density at radius 1 is 1.11 bits per heavy atom. The molecule has 3 nitrogen and oxygen atoms in total. The number of para-hydroxylation sites is 1. The lowest BCUT2D eigenvalue weighted by atomic mass is 10.1. The molecule has 0 aliphatic heterocycles. The minimum atomic E-state index is -0.868. The lowest BCUT2D eigenvalue weighted by Gasteiger charge is -2.08. The van der Waals surface area contributed by atoms with Crippen LogP contribution in [0.2, 0.25) is 0 Å². The first-order chi connectivity index (χ1) is 9.16. The fourth-order valence-electron chi connectivity index (χ4n) is 1.96. The Kier molecular flexibility index (Phi) is 2.76. The van der Waals surface area contributed by atoms with Gasteiger partial charge in [0.05, 0.1) is 0 Å². The molecule has 1 atom stereocenters. The van der Waals surface area contributed by atoms with E-state index in [9.17, 15) is 8.78 Å². The molecule has 3 rings (SSSR count). The molecule has 0 saturated carbocycles. The Hall–Kier alpha value is -2.27. The molecule has 2 aromatic heterocycles. The van der Waals surface area contributed by atoms with E-state index in [1.165, 1.54) is 24.4 Å². The number of hydrogen-bond donors (Lipinski definition) is 1. The molecule has 0 radical (unpaired) electrons. The van der Waals surface area contributed by atoms with Crippen LogP contribution in [-0.4, -0.2) is 4.98 Å². The number of pyridine rings is 1. The van der Waals surface area contributed by atoms with Gasteiger partial charge in [0.2, 0.25) is 0 Å². The van der Waals surface area contributed by atoms with E-state index in [1.54, 1.807) is 18.2 Å². The molecule has 0 fully saturated rings. The summed E-state index contributed by atoms with van der Waals surface area (Å²) in [6, 6.07) is 8.04. The highest BCUT2D eigenvalue weighted by atomic mass is 19.1. The molecule has 0 aliphatic carbocycles. The van der Waals surface area contributed by atoms with Gasteiger partial charge in [0.15, 0.2) is 11.4 Å². The van der Waals surface area contributed by atoms with Gasteiger partial charge in [-0.2, -0.15) is 0 Å². The zero-order valence-corrected chi connectivity index (χ0v) is 9.81. The van der Waals surface area contributed by atoms with Crippen molar-refractivity contribution in [3.8, 4) is 0 Å². The topological polar surface area (TPSA) is 52.0 Å². The van der Waals surface area contributed by atoms with Crippen LogP contribution in [0.25, 0.3) is 11.0 Å². The number of benzene rings is 1. The predicted molar refractivity (Wildman–Crippen MR) is 66.4 cm³/mol. The molecule has 0 spiro atoms. The van der Waals surface area contributed by atoms with Gasteiger partial charge in [-0.25, -0.2) is 8.78 Å². The van der Waals surface area contributed by atoms with E-state index in [0.29, 0.717) is 5.39 Å². The van der Waals surface area contributed by atoms with Crippen LogP contribution in [0, 0.1) is 11.6 Å². The summed E-state index contributed by atoms with van der Waals surface area (Å²) >= 11 is 0. The molecule has 1 unspecified atom stereocenters. The standard InChI is InChI=1S/C14H10F2N2O/c15-9-5-2-6-18-13(9)12(17)11-7-8-3-1-4-10(16)14(8)19-11/h1-7,12H,17H2. The molecule has 2 N–H and O–H groups in total. The molecule has 0 aliphatic rings. The van der Waals surface area contributed by atoms with Crippen molar-refractivity contribution in [1.29, 1.82) is 0 Å². The second-order valence-corrected chi connectivity index (χ2v) is 4.16. The van der Waals surface area contributed by atoms with Crippen LogP contribution in [0.4, 0.5) is 8.78 Å². The summed E-state index contributed by atoms with van der Waals surface area (Å²) in [6.07, 6.45) is 1.45. The van der Waals surface area contributed by atoms with E-state index in [1.807, 2.05) is 0 Å². The first kappa shape index (κ1) is 11.8. The number of hydrogen-bond acceptors (Lipinski definition) is 3. The molecule has 3 aromatic rings. The Balaban J connectivity index is 2.10. The second-order valence-electron chi connectivity index (χ2n) is 4.16. The Morgan fingerprint density at radius 3 is 2.63 bits per heavy atom. The van der Waals surface area contributed by atoms with Gasteiger partial charge in [-0.1, -0.05) is 12.1 Å². The van der Waals surface area contributed by atoms with Crippen LogP contribution in [0.15, 0.2) is 47.0 Å². The molecular formula is C14H10F2N2O. The maximum absolute atomic E-state index is 13.6. The zero-order chi connectivity index (χ0) is 13.4. The van der Waals surface area contributed by atoms with Crippen molar-refractivity contribution in [3.63, 3.8) is 0 Å². The van der Waals surface area contributed by atoms with E-state index in [2.05, 4.69) is 4.98 Å². The van der Waals surface area contributed by atoms with Crippen molar-refractivity contribution < 1.29 is 13.2 Å². The third kappa shape index (κ3) is 1.98. The number of nitrogens with two attached hydrogens (primary N) is 1. The Labute approximate surface area is 107 Å². The third-order valence-electron chi connectivity index (χ3n) is 2.90. The number of fused-ring (bicyclic) bond motifs is 1. The van der Waals surface area contributed by atoms with Crippen LogP contribution in [0.5, 0.6) is 0 Å². The molecular weight excluding hydrogens is 250 g/mol. The number of nitrogens with zero attached hydrogens (tertiary/aromatic N) is 1. The number of rotatable bonds is 2. The van der Waals surface area contributed by atoms with Gasteiger partial charge in [-0.15, -0.1) is 0 Å². The van der Waals surface area contributed by atoms with Crippen LogP contribution in [0.1, 0.15) is 17.5 Å². The summed E-state index contributed by atoms with van der Waals surface area (Å²) in [6.45, 7) is 0. The van der Waals surface area contributed by atoms with Crippen molar-refractivity contribution in [2.75, 3.05) is 0 Å². The predicted octanol–water partition coefficient (Wildman–Crippen LogP) is 3.15. The monoisotopic (exact) mass is 260 g/mol. The van der Waals surface area contributed by atoms with Crippen LogP contribution in [-0.2, 0) is 0 Å². The largest absolute Gasteiger partial charge is 0.456 e. The van der Waals surface area contributed by atoms with E-state index in [-0.39, 0.29) is 17.0 Å². The zero-order valence-electron chi connectivity index (χ0n) is 9.81. The lowest BCUT2D eigenvalue weighted by molar-refractivity contribution is 0.487. The summed E-state index contributed by atoms with van der Waals surface area (Å²) in [4.78, 5) is 3.89. The molecule has 19 heavy (non-hydrogen) atoms. The van der Waals surface area contributed by atoms with Crippen LogP contribution < -0.4 is 5.73 Å². The fourth-order valence-corrected chi connectivity index (χ4v) is 1.96. The lowest BCUT2D eigenvalue weighted by Crippen LogP contribution is -2.14. The Bertz CT molecular complexity index is 739. The molecule has 5 heteroatoms. The normalized spacial score (nSPS) is 12.8. The Morgan fingerprint density at radius 2 is 1.89 bits per heavy atom. The van der Waals surface area contributed by atoms with E-state index >= 15 is 0 Å². The molecule has 2 heterocycles. The average molecular weight is 260 g/mol. The maximum atomic E-state index is 13.6. The third-order valence-corrected chi connectivity index (χ3v) is 2.90. The number of furan rings is 1. The van der Waals surface area contributed by atoms with Crippen molar-refractivity contribution in [2.24, 2.45) is 5.73 Å². The highest BCUT2D eigenvalue weighted by Crippen LogP contribution is 2.28. The summed E-state index contributed by atoms with van der Waals surface area (Å²) < 4.78 is 32.5. The smallest absolute Gasteiger partial charge is 0.169 e. The minimum Gasteiger partial charge on any atom is -0.456 e. The van der Waals surface area contributed by atoms with Crippen molar-refractivity contribution in [2.45, 2.75) is 6.04 Å². The number of aromatic nitrogens is 1. The summed E-state index contributed by atoms with van der Waals surface area (Å²) in [5.41, 5.74) is 6.10. The van der Waals surface area contributed by atoms with E-state index < -0.39 is 17.7 Å². The number of halogens is 2. The quantitative estimate of drug-likeness (QED) is 0.770. The van der Waals surface area contributed by atoms with Gasteiger partial charge in [0, 0.05) is 11.6 Å². The van der Waals surface area contributed by atoms with Gasteiger partial charge < -0.3 is 10.2 Å². The molecule has 0 saturated heterocycles. The van der Waals surface area contributed by atoms with E-state index in [0.717, 1.165) is 0 Å².